The quantitative estimate of drug-likeness (QED) is 0.684. The van der Waals surface area contributed by atoms with Crippen molar-refractivity contribution in [3.63, 3.8) is 0 Å². The normalized spacial score (nSPS) is 17.9. The minimum Gasteiger partial charge on any atom is -0.360 e. The van der Waals surface area contributed by atoms with Gasteiger partial charge in [-0.25, -0.2) is 0 Å². The van der Waals surface area contributed by atoms with Crippen LogP contribution in [0.5, 0.6) is 0 Å². The molecule has 0 saturated carbocycles. The fourth-order valence-electron chi connectivity index (χ4n) is 2.17. The predicted molar refractivity (Wildman–Crippen MR) is 86.2 cm³/mol. The molecule has 6 heteroatoms. The Morgan fingerprint density at radius 3 is 3.00 bits per heavy atom. The summed E-state index contributed by atoms with van der Waals surface area (Å²) < 4.78 is 0.620. The lowest BCUT2D eigenvalue weighted by atomic mass is 10.2. The van der Waals surface area contributed by atoms with Gasteiger partial charge in [-0.2, -0.15) is 0 Å². The van der Waals surface area contributed by atoms with E-state index < -0.39 is 0 Å². The first-order valence-electron chi connectivity index (χ1n) is 6.26. The molecule has 0 radical (unpaired) electrons. The van der Waals surface area contributed by atoms with Crippen LogP contribution >= 0.6 is 24.0 Å². The first kappa shape index (κ1) is 13.3. The monoisotopic (exact) mass is 303 g/mol. The van der Waals surface area contributed by atoms with Crippen LogP contribution in [0.25, 0.3) is 17.0 Å². The van der Waals surface area contributed by atoms with Crippen molar-refractivity contribution in [2.45, 2.75) is 19.9 Å². The third-order valence-corrected chi connectivity index (χ3v) is 4.47. The second-order valence-electron chi connectivity index (χ2n) is 4.81. The Kier molecular flexibility index (Phi) is 3.35. The van der Waals surface area contributed by atoms with Crippen LogP contribution in [0.2, 0.25) is 0 Å². The number of aromatic nitrogens is 2. The molecule has 1 N–H and O–H groups in total. The highest BCUT2D eigenvalue weighted by molar-refractivity contribution is 8.26. The summed E-state index contributed by atoms with van der Waals surface area (Å²) in [6.45, 7) is 3.92. The molecule has 3 heterocycles. The molecule has 2 aromatic heterocycles. The molecule has 102 valence electrons. The maximum atomic E-state index is 12.3. The molecule has 0 spiro atoms. The van der Waals surface area contributed by atoms with E-state index >= 15 is 0 Å². The molecule has 3 rings (SSSR count). The lowest BCUT2D eigenvalue weighted by Gasteiger charge is -2.18. The van der Waals surface area contributed by atoms with Gasteiger partial charge >= 0.3 is 0 Å². The zero-order valence-electron chi connectivity index (χ0n) is 11.1. The van der Waals surface area contributed by atoms with E-state index in [1.165, 1.54) is 11.8 Å². The molecule has 0 bridgehead atoms. The molecular weight excluding hydrogens is 290 g/mol. The van der Waals surface area contributed by atoms with Crippen LogP contribution in [0, 0.1) is 0 Å². The number of carbonyl (C=O) groups is 1. The van der Waals surface area contributed by atoms with Crippen molar-refractivity contribution < 1.29 is 4.79 Å². The van der Waals surface area contributed by atoms with Gasteiger partial charge in [0.2, 0.25) is 0 Å². The number of hydrogen-bond donors (Lipinski definition) is 1. The summed E-state index contributed by atoms with van der Waals surface area (Å²) >= 11 is 6.62. The standard InChI is InChI=1S/C14H13N3OS2/c1-8(2)17-13(18)12(20-14(17)19)5-9-6-16-11-3-4-15-7-10(9)11/h3-8,16H,1-2H3/b12-5-. The minimum absolute atomic E-state index is 0.0201. The average molecular weight is 303 g/mol. The summed E-state index contributed by atoms with van der Waals surface area (Å²) in [5.41, 5.74) is 1.96. The number of fused-ring (bicyclic) bond motifs is 1. The highest BCUT2D eigenvalue weighted by Crippen LogP contribution is 2.34. The summed E-state index contributed by atoms with van der Waals surface area (Å²) in [5.74, 6) is -0.0201. The van der Waals surface area contributed by atoms with E-state index in [0.717, 1.165) is 16.5 Å². The molecule has 4 nitrogen and oxygen atoms in total. The largest absolute Gasteiger partial charge is 0.360 e. The molecule has 1 saturated heterocycles. The van der Waals surface area contributed by atoms with E-state index in [9.17, 15) is 4.79 Å². The summed E-state index contributed by atoms with van der Waals surface area (Å²) in [5, 5.41) is 1.00. The average Bonchev–Trinajstić information content (AvgIpc) is 2.93. The Morgan fingerprint density at radius 2 is 2.30 bits per heavy atom. The fraction of sp³-hybridized carbons (Fsp3) is 0.214. The van der Waals surface area contributed by atoms with Crippen molar-refractivity contribution in [1.29, 1.82) is 0 Å². The van der Waals surface area contributed by atoms with Crippen molar-refractivity contribution in [1.82, 2.24) is 14.9 Å². The minimum atomic E-state index is -0.0201. The number of thioether (sulfide) groups is 1. The van der Waals surface area contributed by atoms with Gasteiger partial charge in [0.25, 0.3) is 5.91 Å². The van der Waals surface area contributed by atoms with Crippen LogP contribution in [0.15, 0.2) is 29.6 Å². The molecular formula is C14H13N3OS2. The van der Waals surface area contributed by atoms with Crippen LogP contribution < -0.4 is 0 Å². The highest BCUT2D eigenvalue weighted by atomic mass is 32.2. The van der Waals surface area contributed by atoms with Crippen molar-refractivity contribution in [2.24, 2.45) is 0 Å². The van der Waals surface area contributed by atoms with Crippen LogP contribution in [-0.2, 0) is 4.79 Å². The topological polar surface area (TPSA) is 49.0 Å². The molecule has 1 aliphatic rings. The number of nitrogens with zero attached hydrogens (tertiary/aromatic N) is 2. The number of rotatable bonds is 2. The smallest absolute Gasteiger partial charge is 0.266 e. The Bertz CT molecular complexity index is 733. The number of carbonyl (C=O) groups excluding carboxylic acids is 1. The van der Waals surface area contributed by atoms with Crippen molar-refractivity contribution in [3.05, 3.63) is 35.1 Å². The van der Waals surface area contributed by atoms with E-state index in [1.54, 1.807) is 17.3 Å². The van der Waals surface area contributed by atoms with Gasteiger partial charge < -0.3 is 4.98 Å². The SMILES string of the molecule is CC(C)N1C(=O)/C(=C/c2c[nH]c3ccncc23)SC1=S. The van der Waals surface area contributed by atoms with Gasteiger partial charge in [-0.1, -0.05) is 24.0 Å². The summed E-state index contributed by atoms with van der Waals surface area (Å²) in [6.07, 6.45) is 7.29. The molecule has 20 heavy (non-hydrogen) atoms. The number of aromatic amines is 1. The van der Waals surface area contributed by atoms with E-state index in [0.29, 0.717) is 9.23 Å². The van der Waals surface area contributed by atoms with Gasteiger partial charge in [-0.05, 0) is 26.0 Å². The second-order valence-corrected chi connectivity index (χ2v) is 6.49. The number of amides is 1. The second kappa shape index (κ2) is 5.03. The van der Waals surface area contributed by atoms with Gasteiger partial charge in [0.15, 0.2) is 0 Å². The maximum absolute atomic E-state index is 12.3. The van der Waals surface area contributed by atoms with Crippen LogP contribution in [-0.4, -0.2) is 31.1 Å². The van der Waals surface area contributed by atoms with Crippen LogP contribution in [0.3, 0.4) is 0 Å². The third-order valence-electron chi connectivity index (χ3n) is 3.14. The van der Waals surface area contributed by atoms with Crippen LogP contribution in [0.4, 0.5) is 0 Å². The Hall–Kier alpha value is -1.66. The van der Waals surface area contributed by atoms with Gasteiger partial charge in [-0.3, -0.25) is 14.7 Å². The van der Waals surface area contributed by atoms with Gasteiger partial charge in [0.05, 0.1) is 4.91 Å². The third kappa shape index (κ3) is 2.14. The van der Waals surface area contributed by atoms with Crippen LogP contribution in [0.1, 0.15) is 19.4 Å². The number of thiocarbonyl (C=S) groups is 1. The Balaban J connectivity index is 2.01. The molecule has 0 aliphatic carbocycles. The predicted octanol–water partition coefficient (Wildman–Crippen LogP) is 3.17. The first-order chi connectivity index (χ1) is 9.58. The van der Waals surface area contributed by atoms with Gasteiger partial charge in [0.1, 0.15) is 4.32 Å². The number of hydrogen-bond acceptors (Lipinski definition) is 4. The number of nitrogens with one attached hydrogen (secondary N) is 1. The molecule has 1 aliphatic heterocycles. The van der Waals surface area contributed by atoms with E-state index in [4.69, 9.17) is 12.2 Å². The van der Waals surface area contributed by atoms with Crippen molar-refractivity contribution in [3.8, 4) is 0 Å². The zero-order valence-corrected chi connectivity index (χ0v) is 12.7. The molecule has 0 atom stereocenters. The van der Waals surface area contributed by atoms with E-state index in [1.807, 2.05) is 32.2 Å². The van der Waals surface area contributed by atoms with Gasteiger partial charge in [0, 0.05) is 41.1 Å². The lowest BCUT2D eigenvalue weighted by molar-refractivity contribution is -0.123. The lowest BCUT2D eigenvalue weighted by Crippen LogP contribution is -2.34. The first-order valence-corrected chi connectivity index (χ1v) is 7.48. The molecule has 1 amide bonds. The van der Waals surface area contributed by atoms with Gasteiger partial charge in [-0.15, -0.1) is 0 Å². The number of H-pyrrole nitrogens is 1. The van der Waals surface area contributed by atoms with Crippen molar-refractivity contribution in [2.75, 3.05) is 0 Å². The molecule has 0 unspecified atom stereocenters. The summed E-state index contributed by atoms with van der Waals surface area (Å²) in [6, 6.07) is 1.99. The van der Waals surface area contributed by atoms with E-state index in [2.05, 4.69) is 9.97 Å². The molecule has 0 aromatic carbocycles. The fourth-order valence-corrected chi connectivity index (χ4v) is 3.68. The Labute approximate surface area is 126 Å². The molecule has 2 aromatic rings. The number of pyridine rings is 1. The Morgan fingerprint density at radius 1 is 1.50 bits per heavy atom. The van der Waals surface area contributed by atoms with E-state index in [-0.39, 0.29) is 11.9 Å². The zero-order chi connectivity index (χ0) is 14.3. The summed E-state index contributed by atoms with van der Waals surface area (Å²) in [7, 11) is 0. The maximum Gasteiger partial charge on any atom is 0.266 e. The van der Waals surface area contributed by atoms with Crippen molar-refractivity contribution >= 4 is 51.2 Å². The molecule has 1 fully saturated rings. The highest BCUT2D eigenvalue weighted by Gasteiger charge is 2.33. The summed E-state index contributed by atoms with van der Waals surface area (Å²) in [4.78, 5) is 21.9.